The third-order valence-electron chi connectivity index (χ3n) is 12.1. The van der Waals surface area contributed by atoms with Crippen LogP contribution in [-0.4, -0.2) is 69.1 Å². The van der Waals surface area contributed by atoms with E-state index in [0.29, 0.717) is 6.42 Å². The second-order valence-corrected chi connectivity index (χ2v) is 16.5. The molecule has 1 atom stereocenters. The summed E-state index contributed by atoms with van der Waals surface area (Å²) in [6.07, 6.45) is 35.3. The van der Waals surface area contributed by atoms with Gasteiger partial charge in [-0.05, 0) is 114 Å². The second kappa shape index (κ2) is 32.7. The number of unbranched alkanes of at least 4 members (excludes halogenated alkanes) is 9. The summed E-state index contributed by atoms with van der Waals surface area (Å²) < 4.78 is 22.1. The minimum Gasteiger partial charge on any atom is -0.465 e. The van der Waals surface area contributed by atoms with Crippen LogP contribution in [0.15, 0.2) is 24.3 Å². The largest absolute Gasteiger partial charge is 0.508 e. The van der Waals surface area contributed by atoms with Crippen molar-refractivity contribution >= 4 is 18.1 Å². The number of esters is 2. The lowest BCUT2D eigenvalue weighted by Crippen LogP contribution is -2.31. The molecule has 0 aromatic carbocycles. The molecular weight excluding hydrogens is 691 g/mol. The maximum Gasteiger partial charge on any atom is 0.508 e. The highest BCUT2D eigenvalue weighted by Gasteiger charge is 2.33. The van der Waals surface area contributed by atoms with Gasteiger partial charge in [-0.25, -0.2) is 4.79 Å². The highest BCUT2D eigenvalue weighted by Crippen LogP contribution is 2.42. The topological polar surface area (TPSA) is 91.4 Å². The molecule has 8 nitrogen and oxygen atoms in total. The average Bonchev–Trinajstić information content (AvgIpc) is 3.21. The summed E-state index contributed by atoms with van der Waals surface area (Å²) in [7, 11) is 0. The molecule has 2 aliphatic rings. The number of hydrogen-bond donors (Lipinski definition) is 0. The molecule has 0 saturated heterocycles. The van der Waals surface area contributed by atoms with Crippen molar-refractivity contribution in [3.63, 3.8) is 0 Å². The zero-order valence-corrected chi connectivity index (χ0v) is 35.9. The van der Waals surface area contributed by atoms with Crippen LogP contribution in [0.5, 0.6) is 0 Å². The van der Waals surface area contributed by atoms with Crippen molar-refractivity contribution in [2.75, 3.05) is 46.1 Å². The maximum absolute atomic E-state index is 13.2. The van der Waals surface area contributed by atoms with Crippen LogP contribution in [0.2, 0.25) is 0 Å². The van der Waals surface area contributed by atoms with Crippen LogP contribution in [-0.2, 0) is 28.5 Å². The average molecular weight is 774 g/mol. The second-order valence-electron chi connectivity index (χ2n) is 16.5. The number of carbonyl (C=O) groups is 3. The Hall–Kier alpha value is -2.35. The fraction of sp³-hybridized carbons (Fsp3) is 0.851. The lowest BCUT2D eigenvalue weighted by molar-refractivity contribution is -0.154. The maximum atomic E-state index is 13.2. The minimum absolute atomic E-state index is 0.0349. The van der Waals surface area contributed by atoms with Crippen LogP contribution in [0, 0.1) is 29.6 Å². The van der Waals surface area contributed by atoms with E-state index in [-0.39, 0.29) is 44.3 Å². The highest BCUT2D eigenvalue weighted by molar-refractivity contribution is 5.72. The van der Waals surface area contributed by atoms with Gasteiger partial charge in [0.05, 0.1) is 18.4 Å². The van der Waals surface area contributed by atoms with E-state index < -0.39 is 12.1 Å². The molecule has 0 bridgehead atoms. The van der Waals surface area contributed by atoms with Crippen LogP contribution in [0.4, 0.5) is 4.79 Å². The van der Waals surface area contributed by atoms with Gasteiger partial charge in [-0.2, -0.15) is 0 Å². The molecule has 8 heteroatoms. The van der Waals surface area contributed by atoms with Crippen LogP contribution < -0.4 is 0 Å². The molecule has 2 aliphatic carbocycles. The Labute approximate surface area is 337 Å². The smallest absolute Gasteiger partial charge is 0.465 e. The van der Waals surface area contributed by atoms with Gasteiger partial charge in [0.1, 0.15) is 19.8 Å². The van der Waals surface area contributed by atoms with Gasteiger partial charge in [0.15, 0.2) is 0 Å². The van der Waals surface area contributed by atoms with Gasteiger partial charge in [0.2, 0.25) is 0 Å². The summed E-state index contributed by atoms with van der Waals surface area (Å²) in [6.45, 7) is 11.8. The molecule has 0 aromatic heterocycles. The van der Waals surface area contributed by atoms with Crippen LogP contribution in [0.25, 0.3) is 0 Å². The Morgan fingerprint density at radius 1 is 0.600 bits per heavy atom. The molecule has 1 unspecified atom stereocenters. The van der Waals surface area contributed by atoms with Crippen molar-refractivity contribution in [2.45, 2.75) is 182 Å². The number of carbonyl (C=O) groups excluding carboxylic acids is 3. The molecule has 2 saturated carbocycles. The lowest BCUT2D eigenvalue weighted by atomic mass is 9.68. The van der Waals surface area contributed by atoms with Crippen molar-refractivity contribution in [1.82, 2.24) is 4.90 Å². The Kier molecular flexibility index (Phi) is 29.0. The molecule has 0 aliphatic heterocycles. The normalized spacial score (nSPS) is 20.9. The Balaban J connectivity index is 1.69. The van der Waals surface area contributed by atoms with Gasteiger partial charge in [-0.1, -0.05) is 116 Å². The molecule has 2 fully saturated rings. The molecule has 0 radical (unpaired) electrons. The summed E-state index contributed by atoms with van der Waals surface area (Å²) in [5.74, 6) is 1.49. The molecular formula is C47H83NO7. The third-order valence-corrected chi connectivity index (χ3v) is 12.1. The molecule has 0 amide bonds. The molecule has 2 rings (SSSR count). The first-order chi connectivity index (χ1) is 26.9. The fourth-order valence-corrected chi connectivity index (χ4v) is 8.30. The van der Waals surface area contributed by atoms with Crippen LogP contribution in [0.1, 0.15) is 182 Å². The molecule has 0 heterocycles. The van der Waals surface area contributed by atoms with Gasteiger partial charge in [-0.3, -0.25) is 9.59 Å². The number of allylic oxidation sites excluding steroid dienone is 4. The third kappa shape index (κ3) is 24.1. The summed E-state index contributed by atoms with van der Waals surface area (Å²) in [5.41, 5.74) is 0. The van der Waals surface area contributed by atoms with E-state index in [1.807, 2.05) is 0 Å². The van der Waals surface area contributed by atoms with E-state index in [2.05, 4.69) is 56.9 Å². The van der Waals surface area contributed by atoms with Crippen molar-refractivity contribution in [3.8, 4) is 0 Å². The first-order valence-electron chi connectivity index (χ1n) is 23.0. The van der Waals surface area contributed by atoms with E-state index in [1.165, 1.54) is 77.0 Å². The summed E-state index contributed by atoms with van der Waals surface area (Å²) in [4.78, 5) is 40.4. The van der Waals surface area contributed by atoms with E-state index in [0.717, 1.165) is 108 Å². The van der Waals surface area contributed by atoms with Gasteiger partial charge in [0.25, 0.3) is 0 Å². The number of ether oxygens (including phenoxy) is 4. The predicted molar refractivity (Wildman–Crippen MR) is 225 cm³/mol. The quantitative estimate of drug-likeness (QED) is 0.0298. The molecule has 318 valence electrons. The summed E-state index contributed by atoms with van der Waals surface area (Å²) >= 11 is 0. The van der Waals surface area contributed by atoms with E-state index in [4.69, 9.17) is 18.9 Å². The monoisotopic (exact) mass is 774 g/mol. The van der Waals surface area contributed by atoms with E-state index in [9.17, 15) is 14.4 Å². The number of hydrogen-bond acceptors (Lipinski definition) is 8. The first kappa shape index (κ1) is 48.8. The predicted octanol–water partition coefficient (Wildman–Crippen LogP) is 12.2. The molecule has 0 spiro atoms. The van der Waals surface area contributed by atoms with Crippen molar-refractivity contribution < 1.29 is 33.3 Å². The number of nitrogens with zero attached hydrogens (tertiary/aromatic N) is 1. The van der Waals surface area contributed by atoms with Gasteiger partial charge < -0.3 is 23.8 Å². The standard InChI is InChI=1S/C47H83NO7/c1-5-9-11-12-13-14-15-16-17-18-19-20-21-22-23-26-45(49)53-37-41(39-55-47(51)52-36-24-35-48(7-3)8-4)38-54-46(50)44-33-31-43(32-34-44)42-29-27-40(28-30-42)25-10-6-2/h13-14,16-17,40-44H,5-12,15,18-39H2,1-4H3/b14-13-,17-16-. The van der Waals surface area contributed by atoms with Crippen molar-refractivity contribution in [1.29, 1.82) is 0 Å². The van der Waals surface area contributed by atoms with Gasteiger partial charge in [-0.15, -0.1) is 0 Å². The molecule has 0 N–H and O–H groups in total. The van der Waals surface area contributed by atoms with Gasteiger partial charge in [0, 0.05) is 13.0 Å². The zero-order valence-electron chi connectivity index (χ0n) is 35.9. The molecule has 0 aromatic rings. The highest BCUT2D eigenvalue weighted by atomic mass is 16.7. The minimum atomic E-state index is -0.745. The lowest BCUT2D eigenvalue weighted by Gasteiger charge is -2.37. The van der Waals surface area contributed by atoms with Crippen LogP contribution >= 0.6 is 0 Å². The van der Waals surface area contributed by atoms with Gasteiger partial charge >= 0.3 is 18.1 Å². The zero-order chi connectivity index (χ0) is 39.8. The Bertz CT molecular complexity index is 1020. The van der Waals surface area contributed by atoms with Crippen molar-refractivity contribution in [3.05, 3.63) is 24.3 Å². The van der Waals surface area contributed by atoms with E-state index in [1.54, 1.807) is 0 Å². The fourth-order valence-electron chi connectivity index (χ4n) is 8.30. The van der Waals surface area contributed by atoms with Crippen molar-refractivity contribution in [2.24, 2.45) is 29.6 Å². The summed E-state index contributed by atoms with van der Waals surface area (Å²) in [6, 6.07) is 0. The Morgan fingerprint density at radius 2 is 1.18 bits per heavy atom. The van der Waals surface area contributed by atoms with E-state index >= 15 is 0 Å². The first-order valence-corrected chi connectivity index (χ1v) is 23.0. The van der Waals surface area contributed by atoms with Crippen LogP contribution in [0.3, 0.4) is 0 Å². The number of rotatable bonds is 31. The molecule has 55 heavy (non-hydrogen) atoms. The Morgan fingerprint density at radius 3 is 1.84 bits per heavy atom. The summed E-state index contributed by atoms with van der Waals surface area (Å²) in [5, 5.41) is 0. The SMILES string of the molecule is CCCCC/C=C\C/C=C\CCCCCCCC(=O)OCC(COC(=O)OCCCN(CC)CC)COC(=O)C1CCC(C2CCC(CCCC)CC2)CC1.